The maximum atomic E-state index is 12.9. The molecule has 0 aliphatic rings. The standard InChI is InChI=1S/C9H12FNO3/c10-8-7(13)2-1-5(9(8)14)6(12)3-4-11/h1-2,6,12-14H,3-4,11H2. The molecular weight excluding hydrogens is 189 g/mol. The van der Waals surface area contributed by atoms with Crippen LogP contribution in [-0.4, -0.2) is 21.9 Å². The first kappa shape index (κ1) is 10.7. The molecule has 0 aromatic heterocycles. The molecular formula is C9H12FNO3. The van der Waals surface area contributed by atoms with Crippen molar-refractivity contribution in [3.63, 3.8) is 0 Å². The van der Waals surface area contributed by atoms with E-state index in [4.69, 9.17) is 10.8 Å². The van der Waals surface area contributed by atoms with Crippen molar-refractivity contribution in [1.29, 1.82) is 0 Å². The highest BCUT2D eigenvalue weighted by Crippen LogP contribution is 2.33. The van der Waals surface area contributed by atoms with Crippen molar-refractivity contribution in [2.24, 2.45) is 5.73 Å². The second-order valence-corrected chi connectivity index (χ2v) is 2.93. The Morgan fingerprint density at radius 2 is 2.00 bits per heavy atom. The lowest BCUT2D eigenvalue weighted by Gasteiger charge is -2.12. The quantitative estimate of drug-likeness (QED) is 0.577. The second-order valence-electron chi connectivity index (χ2n) is 2.93. The lowest BCUT2D eigenvalue weighted by atomic mass is 10.0. The van der Waals surface area contributed by atoms with E-state index in [-0.39, 0.29) is 18.5 Å². The normalized spacial score (nSPS) is 12.8. The fourth-order valence-corrected chi connectivity index (χ4v) is 1.15. The van der Waals surface area contributed by atoms with Crippen LogP contribution in [-0.2, 0) is 0 Å². The van der Waals surface area contributed by atoms with Crippen molar-refractivity contribution in [3.8, 4) is 11.5 Å². The Bertz CT molecular complexity index is 330. The number of aliphatic hydroxyl groups excluding tert-OH is 1. The molecule has 0 radical (unpaired) electrons. The Kier molecular flexibility index (Phi) is 3.27. The van der Waals surface area contributed by atoms with E-state index in [0.717, 1.165) is 6.07 Å². The first-order chi connectivity index (χ1) is 6.57. The van der Waals surface area contributed by atoms with Gasteiger partial charge in [0.2, 0.25) is 5.82 Å². The number of aliphatic hydroxyl groups is 1. The van der Waals surface area contributed by atoms with Gasteiger partial charge >= 0.3 is 0 Å². The van der Waals surface area contributed by atoms with Crippen LogP contribution in [0, 0.1) is 5.82 Å². The van der Waals surface area contributed by atoms with Gasteiger partial charge in [-0.05, 0) is 25.1 Å². The van der Waals surface area contributed by atoms with Crippen LogP contribution in [0.1, 0.15) is 18.1 Å². The van der Waals surface area contributed by atoms with Gasteiger partial charge in [0.15, 0.2) is 11.5 Å². The highest BCUT2D eigenvalue weighted by Gasteiger charge is 2.17. The number of rotatable bonds is 3. The Labute approximate surface area is 80.4 Å². The summed E-state index contributed by atoms with van der Waals surface area (Å²) in [4.78, 5) is 0. The maximum absolute atomic E-state index is 12.9. The van der Waals surface area contributed by atoms with Gasteiger partial charge in [0, 0.05) is 5.56 Å². The monoisotopic (exact) mass is 201 g/mol. The van der Waals surface area contributed by atoms with Crippen LogP contribution >= 0.6 is 0 Å². The van der Waals surface area contributed by atoms with Crippen LogP contribution in [0.5, 0.6) is 11.5 Å². The molecule has 1 aromatic rings. The Hall–Kier alpha value is -1.33. The molecule has 1 atom stereocenters. The van der Waals surface area contributed by atoms with Crippen molar-refractivity contribution in [2.75, 3.05) is 6.54 Å². The summed E-state index contributed by atoms with van der Waals surface area (Å²) < 4.78 is 12.9. The zero-order chi connectivity index (χ0) is 10.7. The van der Waals surface area contributed by atoms with Crippen LogP contribution in [0.15, 0.2) is 12.1 Å². The molecule has 0 fully saturated rings. The zero-order valence-corrected chi connectivity index (χ0v) is 7.44. The van der Waals surface area contributed by atoms with Gasteiger partial charge in [0.05, 0.1) is 6.10 Å². The molecule has 0 saturated carbocycles. The molecule has 0 amide bonds. The van der Waals surface area contributed by atoms with E-state index in [9.17, 15) is 14.6 Å². The first-order valence-corrected chi connectivity index (χ1v) is 4.16. The number of benzene rings is 1. The van der Waals surface area contributed by atoms with Gasteiger partial charge in [-0.2, -0.15) is 4.39 Å². The molecule has 0 bridgehead atoms. The predicted octanol–water partition coefficient (Wildman–Crippen LogP) is 0.619. The maximum Gasteiger partial charge on any atom is 0.206 e. The third-order valence-electron chi connectivity index (χ3n) is 1.93. The number of nitrogens with two attached hydrogens (primary N) is 1. The summed E-state index contributed by atoms with van der Waals surface area (Å²) in [5, 5.41) is 27.6. The summed E-state index contributed by atoms with van der Waals surface area (Å²) in [5.41, 5.74) is 5.23. The summed E-state index contributed by atoms with van der Waals surface area (Å²) in [6.45, 7) is 0.225. The fourth-order valence-electron chi connectivity index (χ4n) is 1.15. The molecule has 5 heteroatoms. The van der Waals surface area contributed by atoms with Crippen molar-refractivity contribution in [2.45, 2.75) is 12.5 Å². The molecule has 0 saturated heterocycles. The van der Waals surface area contributed by atoms with E-state index in [2.05, 4.69) is 0 Å². The summed E-state index contributed by atoms with van der Waals surface area (Å²) in [6, 6.07) is 2.33. The molecule has 0 heterocycles. The highest BCUT2D eigenvalue weighted by molar-refractivity contribution is 5.42. The number of aromatic hydroxyl groups is 2. The number of halogens is 1. The number of hydrogen-bond acceptors (Lipinski definition) is 4. The minimum absolute atomic E-state index is 0.0331. The predicted molar refractivity (Wildman–Crippen MR) is 48.4 cm³/mol. The average Bonchev–Trinajstić information content (AvgIpc) is 2.15. The van der Waals surface area contributed by atoms with Gasteiger partial charge in [-0.15, -0.1) is 0 Å². The lowest BCUT2D eigenvalue weighted by Crippen LogP contribution is -2.07. The lowest BCUT2D eigenvalue weighted by molar-refractivity contribution is 0.165. The number of hydrogen-bond donors (Lipinski definition) is 4. The van der Waals surface area contributed by atoms with Gasteiger partial charge in [-0.1, -0.05) is 0 Å². The zero-order valence-electron chi connectivity index (χ0n) is 7.44. The SMILES string of the molecule is NCCC(O)c1ccc(O)c(F)c1O. The minimum Gasteiger partial charge on any atom is -0.505 e. The van der Waals surface area contributed by atoms with Gasteiger partial charge in [0.1, 0.15) is 0 Å². The van der Waals surface area contributed by atoms with E-state index in [0.29, 0.717) is 0 Å². The summed E-state index contributed by atoms with van der Waals surface area (Å²) in [5.74, 6) is -2.50. The molecule has 78 valence electrons. The molecule has 14 heavy (non-hydrogen) atoms. The van der Waals surface area contributed by atoms with Crippen LogP contribution in [0.3, 0.4) is 0 Å². The summed E-state index contributed by atoms with van der Waals surface area (Å²) >= 11 is 0. The first-order valence-electron chi connectivity index (χ1n) is 4.16. The van der Waals surface area contributed by atoms with Crippen molar-refractivity contribution in [3.05, 3.63) is 23.5 Å². The van der Waals surface area contributed by atoms with Crippen molar-refractivity contribution in [1.82, 2.24) is 0 Å². The number of phenolic OH excluding ortho intramolecular Hbond substituents is 2. The Morgan fingerprint density at radius 3 is 2.57 bits per heavy atom. The molecule has 0 spiro atoms. The average molecular weight is 201 g/mol. The highest BCUT2D eigenvalue weighted by atomic mass is 19.1. The third kappa shape index (κ3) is 1.94. The summed E-state index contributed by atoms with van der Waals surface area (Å²) in [7, 11) is 0. The van der Waals surface area contributed by atoms with Crippen LogP contribution in [0.25, 0.3) is 0 Å². The Balaban J connectivity index is 3.04. The minimum atomic E-state index is -1.13. The molecule has 5 N–H and O–H groups in total. The molecule has 1 unspecified atom stereocenters. The third-order valence-corrected chi connectivity index (χ3v) is 1.93. The van der Waals surface area contributed by atoms with Crippen LogP contribution in [0.2, 0.25) is 0 Å². The van der Waals surface area contributed by atoms with E-state index in [1.165, 1.54) is 6.07 Å². The summed E-state index contributed by atoms with van der Waals surface area (Å²) in [6.07, 6.45) is -0.798. The Morgan fingerprint density at radius 1 is 1.36 bits per heavy atom. The molecule has 4 nitrogen and oxygen atoms in total. The van der Waals surface area contributed by atoms with E-state index in [1.54, 1.807) is 0 Å². The van der Waals surface area contributed by atoms with E-state index in [1.807, 2.05) is 0 Å². The van der Waals surface area contributed by atoms with Crippen molar-refractivity contribution < 1.29 is 19.7 Å². The van der Waals surface area contributed by atoms with Gasteiger partial charge in [-0.3, -0.25) is 0 Å². The van der Waals surface area contributed by atoms with Gasteiger partial charge in [0.25, 0.3) is 0 Å². The molecule has 1 rings (SSSR count). The van der Waals surface area contributed by atoms with Gasteiger partial charge < -0.3 is 21.1 Å². The fraction of sp³-hybridized carbons (Fsp3) is 0.333. The van der Waals surface area contributed by atoms with Crippen LogP contribution in [0.4, 0.5) is 4.39 Å². The molecule has 1 aromatic carbocycles. The smallest absolute Gasteiger partial charge is 0.206 e. The molecule has 0 aliphatic heterocycles. The van der Waals surface area contributed by atoms with E-state index < -0.39 is 23.4 Å². The van der Waals surface area contributed by atoms with Gasteiger partial charge in [-0.25, -0.2) is 0 Å². The second kappa shape index (κ2) is 4.26. The van der Waals surface area contributed by atoms with Crippen LogP contribution < -0.4 is 5.73 Å². The topological polar surface area (TPSA) is 86.7 Å². The largest absolute Gasteiger partial charge is 0.505 e. The van der Waals surface area contributed by atoms with E-state index >= 15 is 0 Å². The van der Waals surface area contributed by atoms with Crippen molar-refractivity contribution >= 4 is 0 Å². The number of phenols is 2. The molecule has 0 aliphatic carbocycles.